The number of fused-ring (bicyclic) bond motifs is 1. The Morgan fingerprint density at radius 1 is 0.941 bits per heavy atom. The van der Waals surface area contributed by atoms with E-state index >= 15 is 0 Å². The zero-order chi connectivity index (χ0) is 24.6. The third-order valence-corrected chi connectivity index (χ3v) is 5.61. The van der Waals surface area contributed by atoms with Crippen LogP contribution in [0.5, 0.6) is 0 Å². The molecule has 34 heavy (non-hydrogen) atoms. The highest BCUT2D eigenvalue weighted by Gasteiger charge is 2.25. The van der Waals surface area contributed by atoms with Crippen LogP contribution in [0, 0.1) is 6.92 Å². The highest BCUT2D eigenvalue weighted by atomic mass is 16.5. The van der Waals surface area contributed by atoms with Crippen LogP contribution < -0.4 is 16.4 Å². The molecule has 0 saturated carbocycles. The number of aryl methyl sites for hydroxylation is 1. The molecule has 174 valence electrons. The SMILES string of the molecule is Cc1c(NC(=O)C(C)OC(=O)c2nn(C)c(=O)c3ccccc23)c(=O)n(-c2ccccc2)n1C. The van der Waals surface area contributed by atoms with Crippen molar-refractivity contribution < 1.29 is 14.3 Å². The molecule has 1 amide bonds. The average Bonchev–Trinajstić information content (AvgIpc) is 3.04. The highest BCUT2D eigenvalue weighted by molar-refractivity contribution is 6.03. The molecule has 2 heterocycles. The lowest BCUT2D eigenvalue weighted by atomic mass is 10.1. The number of aromatic nitrogens is 4. The molecule has 1 unspecified atom stereocenters. The van der Waals surface area contributed by atoms with E-state index in [1.165, 1.54) is 18.7 Å². The molecule has 1 N–H and O–H groups in total. The number of carbonyl (C=O) groups is 2. The lowest BCUT2D eigenvalue weighted by molar-refractivity contribution is -0.123. The third kappa shape index (κ3) is 3.90. The summed E-state index contributed by atoms with van der Waals surface area (Å²) in [7, 11) is 3.14. The normalized spacial score (nSPS) is 11.9. The van der Waals surface area contributed by atoms with Crippen molar-refractivity contribution in [2.75, 3.05) is 5.32 Å². The second kappa shape index (κ2) is 8.81. The van der Waals surface area contributed by atoms with E-state index in [1.807, 2.05) is 6.07 Å². The molecule has 0 bridgehead atoms. The molecule has 4 aromatic rings. The van der Waals surface area contributed by atoms with Gasteiger partial charge >= 0.3 is 5.97 Å². The first kappa shape index (κ1) is 22.7. The van der Waals surface area contributed by atoms with Gasteiger partial charge in [0.15, 0.2) is 11.8 Å². The molecule has 0 spiro atoms. The summed E-state index contributed by atoms with van der Waals surface area (Å²) in [6.07, 6.45) is -1.23. The maximum Gasteiger partial charge on any atom is 0.360 e. The molecule has 0 aliphatic rings. The summed E-state index contributed by atoms with van der Waals surface area (Å²) < 4.78 is 9.44. The van der Waals surface area contributed by atoms with E-state index in [9.17, 15) is 19.2 Å². The van der Waals surface area contributed by atoms with Gasteiger partial charge in [-0.2, -0.15) is 5.10 Å². The van der Waals surface area contributed by atoms with Crippen molar-refractivity contribution in [1.29, 1.82) is 0 Å². The number of rotatable bonds is 5. The monoisotopic (exact) mass is 461 g/mol. The number of nitrogens with one attached hydrogen (secondary N) is 1. The summed E-state index contributed by atoms with van der Waals surface area (Å²) in [5.74, 6) is -1.53. The fraction of sp³-hybridized carbons (Fsp3) is 0.208. The number of esters is 1. The first-order valence-electron chi connectivity index (χ1n) is 10.5. The second-order valence-electron chi connectivity index (χ2n) is 7.80. The van der Waals surface area contributed by atoms with Gasteiger partial charge in [-0.15, -0.1) is 0 Å². The van der Waals surface area contributed by atoms with Crippen LogP contribution in [-0.4, -0.2) is 37.1 Å². The molecule has 1 atom stereocenters. The number of amides is 1. The van der Waals surface area contributed by atoms with Gasteiger partial charge in [-0.3, -0.25) is 19.1 Å². The molecular formula is C24H23N5O5. The van der Waals surface area contributed by atoms with Gasteiger partial charge in [0, 0.05) is 19.5 Å². The van der Waals surface area contributed by atoms with Gasteiger partial charge in [0.2, 0.25) is 0 Å². The zero-order valence-corrected chi connectivity index (χ0v) is 19.1. The molecule has 0 fully saturated rings. The van der Waals surface area contributed by atoms with Crippen LogP contribution in [-0.2, 0) is 23.6 Å². The Balaban J connectivity index is 1.58. The lowest BCUT2D eigenvalue weighted by Gasteiger charge is -2.14. The number of nitrogens with zero attached hydrogens (tertiary/aromatic N) is 4. The van der Waals surface area contributed by atoms with Crippen molar-refractivity contribution in [3.63, 3.8) is 0 Å². The minimum atomic E-state index is -1.23. The molecule has 0 radical (unpaired) electrons. The Bertz CT molecular complexity index is 1530. The van der Waals surface area contributed by atoms with Gasteiger partial charge in [0.1, 0.15) is 5.69 Å². The van der Waals surface area contributed by atoms with E-state index in [-0.39, 0.29) is 16.9 Å². The minimum Gasteiger partial charge on any atom is -0.448 e. The zero-order valence-electron chi connectivity index (χ0n) is 19.1. The van der Waals surface area contributed by atoms with Crippen molar-refractivity contribution in [3.8, 4) is 5.69 Å². The van der Waals surface area contributed by atoms with Crippen LogP contribution in [0.3, 0.4) is 0 Å². The van der Waals surface area contributed by atoms with Crippen molar-refractivity contribution in [2.24, 2.45) is 14.1 Å². The molecule has 0 aliphatic heterocycles. The van der Waals surface area contributed by atoms with Crippen LogP contribution in [0.25, 0.3) is 16.5 Å². The fourth-order valence-electron chi connectivity index (χ4n) is 3.66. The number of ether oxygens (including phenoxy) is 1. The molecule has 10 heteroatoms. The topological polar surface area (TPSA) is 117 Å². The summed E-state index contributed by atoms with van der Waals surface area (Å²) in [6.45, 7) is 3.10. The quantitative estimate of drug-likeness (QED) is 0.454. The molecule has 0 aliphatic carbocycles. The lowest BCUT2D eigenvalue weighted by Crippen LogP contribution is -2.33. The number of hydrogen-bond acceptors (Lipinski definition) is 6. The summed E-state index contributed by atoms with van der Waals surface area (Å²) >= 11 is 0. The molecule has 2 aromatic carbocycles. The highest BCUT2D eigenvalue weighted by Crippen LogP contribution is 2.17. The van der Waals surface area contributed by atoms with Gasteiger partial charge < -0.3 is 10.1 Å². The Hall–Kier alpha value is -4.47. The van der Waals surface area contributed by atoms with Crippen molar-refractivity contribution in [3.05, 3.63) is 86.7 Å². The Morgan fingerprint density at radius 2 is 1.56 bits per heavy atom. The van der Waals surface area contributed by atoms with E-state index in [1.54, 1.807) is 67.2 Å². The molecule has 0 saturated heterocycles. The molecule has 10 nitrogen and oxygen atoms in total. The van der Waals surface area contributed by atoms with E-state index in [0.29, 0.717) is 22.2 Å². The number of carbonyl (C=O) groups excluding carboxylic acids is 2. The first-order valence-corrected chi connectivity index (χ1v) is 10.5. The van der Waals surface area contributed by atoms with Crippen LogP contribution in [0.15, 0.2) is 64.2 Å². The Kier molecular flexibility index (Phi) is 5.89. The van der Waals surface area contributed by atoms with Gasteiger partial charge in [-0.05, 0) is 32.0 Å². The maximum atomic E-state index is 13.0. The number of benzene rings is 2. The number of anilines is 1. The molecular weight excluding hydrogens is 438 g/mol. The Labute approximate surface area is 194 Å². The van der Waals surface area contributed by atoms with E-state index < -0.39 is 23.5 Å². The standard InChI is InChI=1S/C24H23N5O5/c1-14-19(23(32)29(28(14)4)16-10-6-5-7-11-16)25-21(30)15(2)34-24(33)20-17-12-8-9-13-18(17)22(31)27(3)26-20/h5-13,15H,1-4H3,(H,25,30). The third-order valence-electron chi connectivity index (χ3n) is 5.61. The Morgan fingerprint density at radius 3 is 2.24 bits per heavy atom. The first-order chi connectivity index (χ1) is 16.2. The van der Waals surface area contributed by atoms with Crippen molar-refractivity contribution in [1.82, 2.24) is 19.1 Å². The maximum absolute atomic E-state index is 13.0. The van der Waals surface area contributed by atoms with Gasteiger partial charge in [-0.1, -0.05) is 36.4 Å². The molecule has 4 rings (SSSR count). The minimum absolute atomic E-state index is 0.0836. The smallest absolute Gasteiger partial charge is 0.360 e. The van der Waals surface area contributed by atoms with Gasteiger partial charge in [0.25, 0.3) is 17.0 Å². The van der Waals surface area contributed by atoms with Crippen LogP contribution in [0.2, 0.25) is 0 Å². The average molecular weight is 461 g/mol. The number of hydrogen-bond donors (Lipinski definition) is 1. The molecule has 2 aromatic heterocycles. The predicted molar refractivity (Wildman–Crippen MR) is 126 cm³/mol. The van der Waals surface area contributed by atoms with Gasteiger partial charge in [0.05, 0.1) is 16.8 Å². The summed E-state index contributed by atoms with van der Waals surface area (Å²) in [6, 6.07) is 15.5. The summed E-state index contributed by atoms with van der Waals surface area (Å²) in [4.78, 5) is 50.9. The largest absolute Gasteiger partial charge is 0.448 e. The number of para-hydroxylation sites is 1. The van der Waals surface area contributed by atoms with Gasteiger partial charge in [-0.25, -0.2) is 14.2 Å². The van der Waals surface area contributed by atoms with Crippen molar-refractivity contribution in [2.45, 2.75) is 20.0 Å². The van der Waals surface area contributed by atoms with E-state index in [0.717, 1.165) is 4.68 Å². The van der Waals surface area contributed by atoms with Crippen molar-refractivity contribution >= 4 is 28.3 Å². The predicted octanol–water partition coefficient (Wildman–Crippen LogP) is 1.92. The fourth-order valence-corrected chi connectivity index (χ4v) is 3.66. The van der Waals surface area contributed by atoms with E-state index in [2.05, 4.69) is 10.4 Å². The summed E-state index contributed by atoms with van der Waals surface area (Å²) in [5, 5.41) is 7.23. The summed E-state index contributed by atoms with van der Waals surface area (Å²) in [5.41, 5.74) is 0.415. The van der Waals surface area contributed by atoms with Crippen LogP contribution in [0.1, 0.15) is 23.1 Å². The van der Waals surface area contributed by atoms with Crippen LogP contribution >= 0.6 is 0 Å². The van der Waals surface area contributed by atoms with Crippen LogP contribution in [0.4, 0.5) is 5.69 Å². The second-order valence-corrected chi connectivity index (χ2v) is 7.80. The van der Waals surface area contributed by atoms with E-state index in [4.69, 9.17) is 4.74 Å².